The minimum atomic E-state index is -0.177. The second kappa shape index (κ2) is 7.48. The molecule has 0 bridgehead atoms. The van der Waals surface area contributed by atoms with Gasteiger partial charge in [-0.15, -0.1) is 0 Å². The molecule has 1 unspecified atom stereocenters. The Balaban J connectivity index is 1.54. The topological polar surface area (TPSA) is 42.7 Å². The zero-order valence-corrected chi connectivity index (χ0v) is 14.5. The number of hydrogen-bond donors (Lipinski definition) is 0. The number of fused-ring (bicyclic) bond motifs is 1. The molecule has 0 saturated carbocycles. The van der Waals surface area contributed by atoms with Gasteiger partial charge in [0.1, 0.15) is 18.1 Å². The molecule has 0 radical (unpaired) electrons. The normalized spacial score (nSPS) is 15.8. The van der Waals surface area contributed by atoms with Gasteiger partial charge in [-0.05, 0) is 35.7 Å². The van der Waals surface area contributed by atoms with Crippen LogP contribution < -0.4 is 4.74 Å². The molecule has 132 valence electrons. The van der Waals surface area contributed by atoms with E-state index in [1.807, 2.05) is 71.6 Å². The van der Waals surface area contributed by atoms with Crippen molar-refractivity contribution < 1.29 is 13.9 Å². The van der Waals surface area contributed by atoms with Crippen molar-refractivity contribution >= 4 is 5.91 Å². The lowest BCUT2D eigenvalue weighted by atomic mass is 9.95. The van der Waals surface area contributed by atoms with E-state index in [9.17, 15) is 4.79 Å². The second-order valence-corrected chi connectivity index (χ2v) is 6.58. The van der Waals surface area contributed by atoms with Crippen LogP contribution in [0.3, 0.4) is 0 Å². The lowest BCUT2D eigenvalue weighted by Gasteiger charge is -2.30. The molecule has 1 atom stereocenters. The molecular weight excluding hydrogens is 326 g/mol. The molecule has 4 nitrogen and oxygen atoms in total. The summed E-state index contributed by atoms with van der Waals surface area (Å²) in [5, 5.41) is 0. The number of furan rings is 1. The van der Waals surface area contributed by atoms with Crippen LogP contribution in [0, 0.1) is 5.92 Å². The third-order valence-corrected chi connectivity index (χ3v) is 4.68. The highest BCUT2D eigenvalue weighted by atomic mass is 16.5. The Kier molecular flexibility index (Phi) is 4.73. The van der Waals surface area contributed by atoms with Gasteiger partial charge in [-0.1, -0.05) is 48.5 Å². The Labute approximate surface area is 153 Å². The number of benzene rings is 2. The van der Waals surface area contributed by atoms with Gasteiger partial charge in [-0.3, -0.25) is 4.79 Å². The Morgan fingerprint density at radius 3 is 2.58 bits per heavy atom. The van der Waals surface area contributed by atoms with E-state index in [4.69, 9.17) is 9.15 Å². The van der Waals surface area contributed by atoms with Crippen molar-refractivity contribution in [2.75, 3.05) is 6.61 Å². The summed E-state index contributed by atoms with van der Waals surface area (Å²) in [7, 11) is 0. The Morgan fingerprint density at radius 2 is 1.77 bits per heavy atom. The number of amides is 1. The van der Waals surface area contributed by atoms with Crippen molar-refractivity contribution in [3.05, 3.63) is 89.9 Å². The maximum absolute atomic E-state index is 13.2. The van der Waals surface area contributed by atoms with Crippen LogP contribution >= 0.6 is 0 Å². The summed E-state index contributed by atoms with van der Waals surface area (Å²) in [5.74, 6) is 1.59. The minimum absolute atomic E-state index is 0.0970. The smallest absolute Gasteiger partial charge is 0.230 e. The van der Waals surface area contributed by atoms with Crippen molar-refractivity contribution in [1.82, 2.24) is 4.90 Å². The molecule has 0 aliphatic carbocycles. The first-order chi connectivity index (χ1) is 12.8. The van der Waals surface area contributed by atoms with Crippen LogP contribution in [0.5, 0.6) is 5.75 Å². The van der Waals surface area contributed by atoms with Gasteiger partial charge in [0.15, 0.2) is 0 Å². The van der Waals surface area contributed by atoms with E-state index >= 15 is 0 Å². The van der Waals surface area contributed by atoms with Gasteiger partial charge in [0, 0.05) is 6.54 Å². The summed E-state index contributed by atoms with van der Waals surface area (Å²) in [5.41, 5.74) is 2.19. The summed E-state index contributed by atoms with van der Waals surface area (Å²) in [6, 6.07) is 21.7. The summed E-state index contributed by atoms with van der Waals surface area (Å²) in [6.45, 7) is 1.43. The molecule has 1 amide bonds. The summed E-state index contributed by atoms with van der Waals surface area (Å²) >= 11 is 0. The van der Waals surface area contributed by atoms with Gasteiger partial charge in [0.2, 0.25) is 5.91 Å². The van der Waals surface area contributed by atoms with Crippen LogP contribution in [0.2, 0.25) is 0 Å². The van der Waals surface area contributed by atoms with E-state index in [0.29, 0.717) is 26.1 Å². The van der Waals surface area contributed by atoms with E-state index in [-0.39, 0.29) is 11.8 Å². The lowest BCUT2D eigenvalue weighted by molar-refractivity contribution is -0.138. The number of ether oxygens (including phenoxy) is 1. The van der Waals surface area contributed by atoms with E-state index in [1.165, 1.54) is 0 Å². The van der Waals surface area contributed by atoms with Gasteiger partial charge in [-0.2, -0.15) is 0 Å². The third kappa shape index (κ3) is 3.64. The highest BCUT2D eigenvalue weighted by Crippen LogP contribution is 2.28. The predicted octanol–water partition coefficient (Wildman–Crippen LogP) is 4.06. The first-order valence-corrected chi connectivity index (χ1v) is 8.85. The number of nitrogens with zero attached hydrogens (tertiary/aromatic N) is 1. The SMILES string of the molecule is O=C(C1COc2ccccc2C1)N(Cc1ccccc1)Cc1ccco1. The second-order valence-electron chi connectivity index (χ2n) is 6.58. The molecule has 1 aromatic heterocycles. The summed E-state index contributed by atoms with van der Waals surface area (Å²) < 4.78 is 11.3. The molecular formula is C22H21NO3. The maximum atomic E-state index is 13.2. The van der Waals surface area contributed by atoms with Crippen molar-refractivity contribution in [2.45, 2.75) is 19.5 Å². The first-order valence-electron chi connectivity index (χ1n) is 8.85. The fourth-order valence-electron chi connectivity index (χ4n) is 3.35. The van der Waals surface area contributed by atoms with Gasteiger partial charge in [0.25, 0.3) is 0 Å². The van der Waals surface area contributed by atoms with E-state index < -0.39 is 0 Å². The fraction of sp³-hybridized carbons (Fsp3) is 0.227. The minimum Gasteiger partial charge on any atom is -0.492 e. The predicted molar refractivity (Wildman–Crippen MR) is 98.5 cm³/mol. The van der Waals surface area contributed by atoms with Crippen LogP contribution in [-0.2, 0) is 24.3 Å². The number of rotatable bonds is 5. The van der Waals surface area contributed by atoms with Crippen molar-refractivity contribution in [1.29, 1.82) is 0 Å². The van der Waals surface area contributed by atoms with E-state index in [0.717, 1.165) is 22.6 Å². The number of carbonyl (C=O) groups excluding carboxylic acids is 1. The van der Waals surface area contributed by atoms with E-state index in [1.54, 1.807) is 6.26 Å². The fourth-order valence-corrected chi connectivity index (χ4v) is 3.35. The molecule has 0 fully saturated rings. The van der Waals surface area contributed by atoms with Crippen LogP contribution in [0.1, 0.15) is 16.9 Å². The monoisotopic (exact) mass is 347 g/mol. The quantitative estimate of drug-likeness (QED) is 0.699. The van der Waals surface area contributed by atoms with Gasteiger partial charge < -0.3 is 14.1 Å². The van der Waals surface area contributed by atoms with Gasteiger partial charge in [0.05, 0.1) is 18.7 Å². The number of hydrogen-bond acceptors (Lipinski definition) is 3. The summed E-state index contributed by atoms with van der Waals surface area (Å²) in [6.07, 6.45) is 2.35. The highest BCUT2D eigenvalue weighted by Gasteiger charge is 2.30. The van der Waals surface area contributed by atoms with Crippen LogP contribution in [0.4, 0.5) is 0 Å². The maximum Gasteiger partial charge on any atom is 0.230 e. The van der Waals surface area contributed by atoms with Gasteiger partial charge >= 0.3 is 0 Å². The molecule has 0 N–H and O–H groups in total. The van der Waals surface area contributed by atoms with Crippen molar-refractivity contribution in [3.8, 4) is 5.75 Å². The molecule has 1 aliphatic heterocycles. The average molecular weight is 347 g/mol. The first kappa shape index (κ1) is 16.5. The van der Waals surface area contributed by atoms with Crippen LogP contribution in [0.25, 0.3) is 0 Å². The zero-order valence-electron chi connectivity index (χ0n) is 14.5. The molecule has 0 saturated heterocycles. The Bertz CT molecular complexity index is 858. The van der Waals surface area contributed by atoms with Crippen LogP contribution in [0.15, 0.2) is 77.4 Å². The molecule has 0 spiro atoms. The largest absolute Gasteiger partial charge is 0.492 e. The number of para-hydroxylation sites is 1. The molecule has 3 aromatic rings. The lowest BCUT2D eigenvalue weighted by Crippen LogP contribution is -2.40. The van der Waals surface area contributed by atoms with Crippen molar-refractivity contribution in [3.63, 3.8) is 0 Å². The molecule has 2 heterocycles. The van der Waals surface area contributed by atoms with Crippen LogP contribution in [-0.4, -0.2) is 17.4 Å². The Hall–Kier alpha value is -3.01. The molecule has 26 heavy (non-hydrogen) atoms. The van der Waals surface area contributed by atoms with Gasteiger partial charge in [-0.25, -0.2) is 0 Å². The average Bonchev–Trinajstić information content (AvgIpc) is 3.20. The highest BCUT2D eigenvalue weighted by molar-refractivity contribution is 5.79. The van der Waals surface area contributed by atoms with Crippen molar-refractivity contribution in [2.24, 2.45) is 5.92 Å². The molecule has 1 aliphatic rings. The molecule has 4 heteroatoms. The molecule has 2 aromatic carbocycles. The Morgan fingerprint density at radius 1 is 0.962 bits per heavy atom. The zero-order chi connectivity index (χ0) is 17.8. The molecule has 4 rings (SSSR count). The standard InChI is InChI=1S/C22H21NO3/c24-22(19-13-18-9-4-5-11-21(18)26-16-19)23(15-20-10-6-12-25-20)14-17-7-2-1-3-8-17/h1-12,19H,13-16H2. The third-order valence-electron chi connectivity index (χ3n) is 4.68. The summed E-state index contributed by atoms with van der Waals surface area (Å²) in [4.78, 5) is 15.1. The number of carbonyl (C=O) groups is 1. The van der Waals surface area contributed by atoms with E-state index in [2.05, 4.69) is 0 Å².